The quantitative estimate of drug-likeness (QED) is 0.381. The Kier molecular flexibility index (Phi) is 7.42. The average Bonchev–Trinajstić information content (AvgIpc) is 2.36. The molecule has 1 heteroatoms. The number of benzene rings is 1. The van der Waals surface area contributed by atoms with Crippen molar-refractivity contribution in [3.63, 3.8) is 0 Å². The van der Waals surface area contributed by atoms with E-state index in [2.05, 4.69) is 39.0 Å². The minimum absolute atomic E-state index is 0.190. The third kappa shape index (κ3) is 5.44. The van der Waals surface area contributed by atoms with E-state index in [0.717, 1.165) is 6.42 Å². The van der Waals surface area contributed by atoms with Crippen LogP contribution in [0.4, 0.5) is 0 Å². The summed E-state index contributed by atoms with van der Waals surface area (Å²) in [5.74, 6) is 0. The van der Waals surface area contributed by atoms with Crippen LogP contribution in [0.3, 0.4) is 0 Å². The van der Waals surface area contributed by atoms with Crippen LogP contribution in [0.25, 0.3) is 0 Å². The van der Waals surface area contributed by atoms with Gasteiger partial charge in [0.25, 0.3) is 0 Å². The van der Waals surface area contributed by atoms with Gasteiger partial charge in [0, 0.05) is 0 Å². The van der Waals surface area contributed by atoms with Crippen molar-refractivity contribution in [2.75, 3.05) is 0 Å². The minimum atomic E-state index is 0.190. The highest BCUT2D eigenvalue weighted by molar-refractivity contribution is 6.20. The average molecular weight is 267 g/mol. The topological polar surface area (TPSA) is 0 Å². The van der Waals surface area contributed by atoms with Crippen LogP contribution in [0, 0.1) is 13.8 Å². The van der Waals surface area contributed by atoms with Crippen molar-refractivity contribution in [2.24, 2.45) is 0 Å². The Balaban J connectivity index is 2.27. The molecule has 0 heterocycles. The second-order valence-electron chi connectivity index (χ2n) is 5.37. The van der Waals surface area contributed by atoms with E-state index in [1.807, 2.05) is 0 Å². The molecule has 1 aromatic rings. The van der Waals surface area contributed by atoms with Gasteiger partial charge in [0.2, 0.25) is 0 Å². The standard InChI is InChI=1S/C17H27Cl/c1-4-5-6-7-8-9-10-17(18)16-12-11-14(2)15(3)13-16/h11-13,17H,4-10H2,1-3H3. The number of alkyl halides is 1. The molecule has 0 aliphatic carbocycles. The van der Waals surface area contributed by atoms with Crippen molar-refractivity contribution in [3.8, 4) is 0 Å². The zero-order chi connectivity index (χ0) is 13.4. The lowest BCUT2D eigenvalue weighted by atomic mass is 10.0. The van der Waals surface area contributed by atoms with Crippen molar-refractivity contribution in [2.45, 2.75) is 71.1 Å². The molecule has 0 spiro atoms. The van der Waals surface area contributed by atoms with Crippen molar-refractivity contribution in [1.82, 2.24) is 0 Å². The molecule has 0 saturated carbocycles. The van der Waals surface area contributed by atoms with E-state index in [1.54, 1.807) is 0 Å². The van der Waals surface area contributed by atoms with Gasteiger partial charge in [-0.15, -0.1) is 11.6 Å². The Morgan fingerprint density at radius 2 is 1.61 bits per heavy atom. The summed E-state index contributed by atoms with van der Waals surface area (Å²) in [6, 6.07) is 6.60. The molecule has 0 radical (unpaired) electrons. The number of hydrogen-bond acceptors (Lipinski definition) is 0. The fourth-order valence-corrected chi connectivity index (χ4v) is 2.52. The number of aryl methyl sites for hydroxylation is 2. The van der Waals surface area contributed by atoms with Crippen LogP contribution >= 0.6 is 11.6 Å². The fourth-order valence-electron chi connectivity index (χ4n) is 2.23. The SMILES string of the molecule is CCCCCCCCC(Cl)c1ccc(C)c(C)c1. The normalized spacial score (nSPS) is 12.7. The molecule has 0 aliphatic heterocycles. The molecule has 0 amide bonds. The van der Waals surface area contributed by atoms with Gasteiger partial charge in [-0.25, -0.2) is 0 Å². The van der Waals surface area contributed by atoms with Gasteiger partial charge in [0.1, 0.15) is 0 Å². The molecular weight excluding hydrogens is 240 g/mol. The predicted octanol–water partition coefficient (Wildman–Crippen LogP) is 6.33. The van der Waals surface area contributed by atoms with Gasteiger partial charge in [0.05, 0.1) is 5.38 Å². The summed E-state index contributed by atoms with van der Waals surface area (Å²) in [7, 11) is 0. The molecule has 0 aliphatic rings. The second-order valence-corrected chi connectivity index (χ2v) is 5.89. The van der Waals surface area contributed by atoms with Gasteiger partial charge >= 0.3 is 0 Å². The predicted molar refractivity (Wildman–Crippen MR) is 82.5 cm³/mol. The van der Waals surface area contributed by atoms with Crippen LogP contribution in [-0.4, -0.2) is 0 Å². The van der Waals surface area contributed by atoms with Crippen molar-refractivity contribution in [1.29, 1.82) is 0 Å². The molecular formula is C17H27Cl. The number of unbranched alkanes of at least 4 members (excludes halogenated alkanes) is 5. The molecule has 1 aromatic carbocycles. The Morgan fingerprint density at radius 1 is 0.944 bits per heavy atom. The lowest BCUT2D eigenvalue weighted by molar-refractivity contribution is 0.584. The summed E-state index contributed by atoms with van der Waals surface area (Å²) in [6.45, 7) is 6.57. The van der Waals surface area contributed by atoms with E-state index >= 15 is 0 Å². The first-order valence-corrected chi connectivity index (χ1v) is 7.80. The maximum Gasteiger partial charge on any atom is 0.0585 e. The van der Waals surface area contributed by atoms with Crippen LogP contribution in [0.5, 0.6) is 0 Å². The largest absolute Gasteiger partial charge is 0.118 e. The first-order valence-electron chi connectivity index (χ1n) is 7.36. The maximum absolute atomic E-state index is 6.47. The van der Waals surface area contributed by atoms with Crippen molar-refractivity contribution in [3.05, 3.63) is 34.9 Å². The summed E-state index contributed by atoms with van der Waals surface area (Å²) in [6.07, 6.45) is 9.13. The highest BCUT2D eigenvalue weighted by Gasteiger charge is 2.08. The van der Waals surface area contributed by atoms with E-state index in [-0.39, 0.29) is 5.38 Å². The molecule has 0 N–H and O–H groups in total. The van der Waals surface area contributed by atoms with Gasteiger partial charge in [-0.05, 0) is 37.0 Å². The molecule has 1 rings (SSSR count). The molecule has 0 bridgehead atoms. The molecule has 0 saturated heterocycles. The van der Waals surface area contributed by atoms with E-state index < -0.39 is 0 Å². The molecule has 102 valence electrons. The summed E-state index contributed by atoms with van der Waals surface area (Å²) in [4.78, 5) is 0. The Hall–Kier alpha value is -0.490. The molecule has 0 fully saturated rings. The summed E-state index contributed by atoms with van der Waals surface area (Å²) in [5, 5.41) is 0.190. The van der Waals surface area contributed by atoms with Crippen LogP contribution in [0.2, 0.25) is 0 Å². The highest BCUT2D eigenvalue weighted by atomic mass is 35.5. The third-order valence-electron chi connectivity index (χ3n) is 3.70. The van der Waals surface area contributed by atoms with Crippen LogP contribution < -0.4 is 0 Å². The van der Waals surface area contributed by atoms with Gasteiger partial charge in [-0.2, -0.15) is 0 Å². The molecule has 1 unspecified atom stereocenters. The van der Waals surface area contributed by atoms with Gasteiger partial charge < -0.3 is 0 Å². The molecule has 0 aromatic heterocycles. The van der Waals surface area contributed by atoms with Gasteiger partial charge in [0.15, 0.2) is 0 Å². The van der Waals surface area contributed by atoms with E-state index in [1.165, 1.54) is 55.2 Å². The lowest BCUT2D eigenvalue weighted by Gasteiger charge is -2.11. The monoisotopic (exact) mass is 266 g/mol. The van der Waals surface area contributed by atoms with E-state index in [0.29, 0.717) is 0 Å². The minimum Gasteiger partial charge on any atom is -0.118 e. The molecule has 1 atom stereocenters. The number of hydrogen-bond donors (Lipinski definition) is 0. The first kappa shape index (κ1) is 15.6. The molecule has 18 heavy (non-hydrogen) atoms. The van der Waals surface area contributed by atoms with E-state index in [9.17, 15) is 0 Å². The van der Waals surface area contributed by atoms with Crippen LogP contribution in [0.1, 0.15) is 73.9 Å². The summed E-state index contributed by atoms with van der Waals surface area (Å²) >= 11 is 6.47. The molecule has 0 nitrogen and oxygen atoms in total. The smallest absolute Gasteiger partial charge is 0.0585 e. The lowest BCUT2D eigenvalue weighted by Crippen LogP contribution is -1.93. The first-order chi connectivity index (χ1) is 8.65. The van der Waals surface area contributed by atoms with Crippen LogP contribution in [0.15, 0.2) is 18.2 Å². The van der Waals surface area contributed by atoms with Crippen molar-refractivity contribution >= 4 is 11.6 Å². The Bertz CT molecular complexity index is 343. The van der Waals surface area contributed by atoms with Gasteiger partial charge in [-0.1, -0.05) is 63.6 Å². The fraction of sp³-hybridized carbons (Fsp3) is 0.647. The van der Waals surface area contributed by atoms with Gasteiger partial charge in [-0.3, -0.25) is 0 Å². The highest BCUT2D eigenvalue weighted by Crippen LogP contribution is 2.28. The second kappa shape index (κ2) is 8.58. The summed E-state index contributed by atoms with van der Waals surface area (Å²) < 4.78 is 0. The maximum atomic E-state index is 6.47. The Labute approximate surface area is 118 Å². The summed E-state index contributed by atoms with van der Waals surface area (Å²) in [5.41, 5.74) is 3.98. The zero-order valence-corrected chi connectivity index (χ0v) is 12.9. The third-order valence-corrected chi connectivity index (χ3v) is 4.17. The number of halogens is 1. The van der Waals surface area contributed by atoms with Crippen LogP contribution in [-0.2, 0) is 0 Å². The number of rotatable bonds is 8. The Morgan fingerprint density at radius 3 is 2.28 bits per heavy atom. The van der Waals surface area contributed by atoms with Crippen molar-refractivity contribution < 1.29 is 0 Å². The van der Waals surface area contributed by atoms with E-state index in [4.69, 9.17) is 11.6 Å². The zero-order valence-electron chi connectivity index (χ0n) is 12.1.